The van der Waals surface area contributed by atoms with Crippen molar-refractivity contribution >= 4 is 67.4 Å². The van der Waals surface area contributed by atoms with Crippen LogP contribution in [0, 0.1) is 0 Å². The molecule has 152 valence electrons. The fraction of sp³-hybridized carbons (Fsp3) is 0.136. The number of esters is 1. The molecule has 30 heavy (non-hydrogen) atoms. The van der Waals surface area contributed by atoms with Gasteiger partial charge in [-0.05, 0) is 35.9 Å². The maximum atomic E-state index is 13.1. The number of amides is 1. The van der Waals surface area contributed by atoms with Crippen molar-refractivity contribution in [2.45, 2.75) is 13.5 Å². The minimum Gasteiger partial charge on any atom is -0.465 e. The zero-order valence-corrected chi connectivity index (χ0v) is 18.2. The molecule has 1 heterocycles. The van der Waals surface area contributed by atoms with Crippen LogP contribution in [0.3, 0.4) is 0 Å². The number of hydrogen-bond acceptors (Lipinski definition) is 4. The lowest BCUT2D eigenvalue weighted by Crippen LogP contribution is -2.23. The van der Waals surface area contributed by atoms with Crippen LogP contribution in [0.25, 0.3) is 21.0 Å². The van der Waals surface area contributed by atoms with E-state index in [2.05, 4.69) is 4.99 Å². The molecule has 0 radical (unpaired) electrons. The van der Waals surface area contributed by atoms with Crippen LogP contribution >= 0.6 is 34.5 Å². The van der Waals surface area contributed by atoms with E-state index in [1.807, 2.05) is 36.4 Å². The van der Waals surface area contributed by atoms with Crippen LogP contribution in [-0.4, -0.2) is 23.1 Å². The van der Waals surface area contributed by atoms with Gasteiger partial charge in [0.05, 0.1) is 26.9 Å². The van der Waals surface area contributed by atoms with Crippen molar-refractivity contribution in [2.24, 2.45) is 4.99 Å². The van der Waals surface area contributed by atoms with E-state index in [0.29, 0.717) is 25.9 Å². The number of benzene rings is 3. The van der Waals surface area contributed by atoms with Gasteiger partial charge in [-0.2, -0.15) is 4.99 Å². The van der Waals surface area contributed by atoms with E-state index in [1.165, 1.54) is 11.3 Å². The third-order valence-electron chi connectivity index (χ3n) is 4.54. The largest absolute Gasteiger partial charge is 0.465 e. The molecule has 0 aliphatic rings. The summed E-state index contributed by atoms with van der Waals surface area (Å²) in [6.45, 7) is 1.85. The van der Waals surface area contributed by atoms with Crippen molar-refractivity contribution in [3.63, 3.8) is 0 Å². The number of halogens is 2. The Labute approximate surface area is 186 Å². The van der Waals surface area contributed by atoms with Gasteiger partial charge in [-0.15, -0.1) is 0 Å². The smallest absolute Gasteiger partial charge is 0.326 e. The van der Waals surface area contributed by atoms with E-state index >= 15 is 0 Å². The molecule has 5 nitrogen and oxygen atoms in total. The zero-order chi connectivity index (χ0) is 21.3. The van der Waals surface area contributed by atoms with Crippen LogP contribution < -0.4 is 4.80 Å². The van der Waals surface area contributed by atoms with Gasteiger partial charge in [0.25, 0.3) is 5.91 Å². The number of nitrogens with zero attached hydrogens (tertiary/aromatic N) is 2. The minimum absolute atomic E-state index is 0.129. The number of thiazole rings is 1. The fourth-order valence-corrected chi connectivity index (χ4v) is 4.74. The van der Waals surface area contributed by atoms with Crippen molar-refractivity contribution in [1.82, 2.24) is 4.57 Å². The van der Waals surface area contributed by atoms with E-state index in [-0.39, 0.29) is 13.2 Å². The lowest BCUT2D eigenvalue weighted by molar-refractivity contribution is -0.143. The van der Waals surface area contributed by atoms with E-state index in [0.717, 1.165) is 15.5 Å². The normalized spacial score (nSPS) is 11.9. The highest BCUT2D eigenvalue weighted by atomic mass is 35.5. The SMILES string of the molecule is CCOC(=O)Cn1c(=NC(=O)c2cccc3ccccc23)sc2ccc(Cl)c(Cl)c21. The molecule has 0 fully saturated rings. The molecule has 0 aliphatic heterocycles. The molecule has 0 aliphatic carbocycles. The average Bonchev–Trinajstić information content (AvgIpc) is 3.08. The summed E-state index contributed by atoms with van der Waals surface area (Å²) < 4.78 is 7.42. The molecule has 3 aromatic carbocycles. The highest BCUT2D eigenvalue weighted by Gasteiger charge is 2.17. The van der Waals surface area contributed by atoms with Crippen molar-refractivity contribution in [1.29, 1.82) is 0 Å². The molecule has 0 N–H and O–H groups in total. The predicted molar refractivity (Wildman–Crippen MR) is 120 cm³/mol. The van der Waals surface area contributed by atoms with Crippen molar-refractivity contribution < 1.29 is 14.3 Å². The predicted octanol–water partition coefficient (Wildman–Crippen LogP) is 5.47. The molecule has 0 unspecified atom stereocenters. The van der Waals surface area contributed by atoms with Gasteiger partial charge in [-0.3, -0.25) is 9.59 Å². The zero-order valence-electron chi connectivity index (χ0n) is 15.9. The second-order valence-corrected chi connectivity index (χ2v) is 8.22. The summed E-state index contributed by atoms with van der Waals surface area (Å²) in [6.07, 6.45) is 0. The van der Waals surface area contributed by atoms with Crippen LogP contribution in [0.5, 0.6) is 0 Å². The number of carbonyl (C=O) groups is 2. The van der Waals surface area contributed by atoms with Gasteiger partial charge in [-0.1, -0.05) is 70.9 Å². The van der Waals surface area contributed by atoms with Gasteiger partial charge >= 0.3 is 5.97 Å². The molecule has 4 rings (SSSR count). The monoisotopic (exact) mass is 458 g/mol. The van der Waals surface area contributed by atoms with Gasteiger partial charge in [0.1, 0.15) is 6.54 Å². The third kappa shape index (κ3) is 3.86. The standard InChI is InChI=1S/C22H16Cl2N2O3S/c1-2-29-18(27)12-26-20-17(11-10-16(23)19(20)24)30-22(26)25-21(28)15-9-5-7-13-6-3-4-8-14(13)15/h3-11H,2,12H2,1H3. The highest BCUT2D eigenvalue weighted by molar-refractivity contribution is 7.16. The van der Waals surface area contributed by atoms with Crippen LogP contribution in [-0.2, 0) is 16.1 Å². The maximum absolute atomic E-state index is 13.1. The van der Waals surface area contributed by atoms with Gasteiger partial charge in [-0.25, -0.2) is 0 Å². The number of rotatable bonds is 4. The Morgan fingerprint density at radius 2 is 1.83 bits per heavy atom. The Balaban J connectivity index is 1.90. The molecular weight excluding hydrogens is 443 g/mol. The molecule has 0 saturated heterocycles. The van der Waals surface area contributed by atoms with Gasteiger partial charge in [0.2, 0.25) is 0 Å². The molecule has 0 saturated carbocycles. The van der Waals surface area contributed by atoms with Crippen LogP contribution in [0.1, 0.15) is 17.3 Å². The second-order valence-electron chi connectivity index (χ2n) is 6.43. The summed E-state index contributed by atoms with van der Waals surface area (Å²) in [7, 11) is 0. The van der Waals surface area contributed by atoms with Crippen LogP contribution in [0.15, 0.2) is 59.6 Å². The molecule has 0 atom stereocenters. The molecular formula is C22H16Cl2N2O3S. The Morgan fingerprint density at radius 1 is 1.07 bits per heavy atom. The van der Waals surface area contributed by atoms with E-state index < -0.39 is 11.9 Å². The van der Waals surface area contributed by atoms with Crippen LogP contribution in [0.2, 0.25) is 10.0 Å². The average molecular weight is 459 g/mol. The molecule has 1 amide bonds. The topological polar surface area (TPSA) is 60.7 Å². The van der Waals surface area contributed by atoms with E-state index in [1.54, 1.807) is 29.7 Å². The number of aromatic nitrogens is 1. The van der Waals surface area contributed by atoms with Crippen LogP contribution in [0.4, 0.5) is 0 Å². The van der Waals surface area contributed by atoms with Crippen molar-refractivity contribution in [2.75, 3.05) is 6.61 Å². The summed E-state index contributed by atoms with van der Waals surface area (Å²) in [5.74, 6) is -0.856. The Kier molecular flexibility index (Phi) is 5.90. The van der Waals surface area contributed by atoms with E-state index in [4.69, 9.17) is 27.9 Å². The first-order valence-corrected chi connectivity index (χ1v) is 10.8. The first kappa shape index (κ1) is 20.6. The molecule has 8 heteroatoms. The summed E-state index contributed by atoms with van der Waals surface area (Å²) in [6, 6.07) is 16.6. The molecule has 4 aromatic rings. The minimum atomic E-state index is -0.452. The third-order valence-corrected chi connectivity index (χ3v) is 6.38. The first-order chi connectivity index (χ1) is 14.5. The number of hydrogen-bond donors (Lipinski definition) is 0. The van der Waals surface area contributed by atoms with Gasteiger partial charge in [0.15, 0.2) is 4.80 Å². The lowest BCUT2D eigenvalue weighted by atomic mass is 10.0. The first-order valence-electron chi connectivity index (χ1n) is 9.19. The number of carbonyl (C=O) groups excluding carboxylic acids is 2. The number of ether oxygens (including phenoxy) is 1. The van der Waals surface area contributed by atoms with Gasteiger partial charge < -0.3 is 9.30 Å². The molecule has 1 aromatic heterocycles. The Morgan fingerprint density at radius 3 is 2.63 bits per heavy atom. The quantitative estimate of drug-likeness (QED) is 0.381. The van der Waals surface area contributed by atoms with Crippen molar-refractivity contribution in [3.05, 3.63) is 75.0 Å². The molecule has 0 bridgehead atoms. The summed E-state index contributed by atoms with van der Waals surface area (Å²) in [5.41, 5.74) is 1.03. The summed E-state index contributed by atoms with van der Waals surface area (Å²) >= 11 is 13.9. The Bertz CT molecular complexity index is 1350. The maximum Gasteiger partial charge on any atom is 0.326 e. The van der Waals surface area contributed by atoms with Gasteiger partial charge in [0, 0.05) is 5.56 Å². The summed E-state index contributed by atoms with van der Waals surface area (Å²) in [4.78, 5) is 29.9. The summed E-state index contributed by atoms with van der Waals surface area (Å²) in [5, 5.41) is 2.41. The second kappa shape index (κ2) is 8.60. The highest BCUT2D eigenvalue weighted by Crippen LogP contribution is 2.32. The van der Waals surface area contributed by atoms with Crippen molar-refractivity contribution in [3.8, 4) is 0 Å². The molecule has 0 spiro atoms. The van der Waals surface area contributed by atoms with E-state index in [9.17, 15) is 9.59 Å². The fourth-order valence-electron chi connectivity index (χ4n) is 3.23. The number of fused-ring (bicyclic) bond motifs is 2. The lowest BCUT2D eigenvalue weighted by Gasteiger charge is -2.07. The Hall–Kier alpha value is -2.67.